The molecule has 2 rings (SSSR count). The lowest BCUT2D eigenvalue weighted by atomic mass is 10.1. The predicted octanol–water partition coefficient (Wildman–Crippen LogP) is 2.47. The third kappa shape index (κ3) is 2.11. The summed E-state index contributed by atoms with van der Waals surface area (Å²) in [6.45, 7) is 4.05. The molecule has 0 amide bonds. The quantitative estimate of drug-likeness (QED) is 0.835. The van der Waals surface area contributed by atoms with E-state index in [4.69, 9.17) is 10.5 Å². The molecule has 1 aromatic carbocycles. The molecule has 16 heavy (non-hydrogen) atoms. The van der Waals surface area contributed by atoms with Gasteiger partial charge in [-0.2, -0.15) is 0 Å². The van der Waals surface area contributed by atoms with Crippen LogP contribution >= 0.6 is 0 Å². The van der Waals surface area contributed by atoms with Gasteiger partial charge in [-0.15, -0.1) is 10.2 Å². The Labute approximate surface area is 94.1 Å². The minimum Gasteiger partial charge on any atom is -0.437 e. The molecule has 82 valence electrons. The van der Waals surface area contributed by atoms with Crippen molar-refractivity contribution in [2.45, 2.75) is 13.8 Å². The molecule has 2 N–H and O–H groups in total. The van der Waals surface area contributed by atoms with E-state index in [2.05, 4.69) is 10.2 Å². The van der Waals surface area contributed by atoms with Gasteiger partial charge in [0.05, 0.1) is 0 Å². The van der Waals surface area contributed by atoms with Gasteiger partial charge < -0.3 is 10.5 Å². The zero-order valence-electron chi connectivity index (χ0n) is 9.27. The van der Waals surface area contributed by atoms with E-state index in [1.54, 1.807) is 12.1 Å². The van der Waals surface area contributed by atoms with E-state index < -0.39 is 0 Å². The van der Waals surface area contributed by atoms with Crippen molar-refractivity contribution in [3.05, 3.63) is 41.5 Å². The molecule has 1 heterocycles. The molecule has 0 spiro atoms. The number of benzene rings is 1. The van der Waals surface area contributed by atoms with Gasteiger partial charge in [-0.05, 0) is 37.1 Å². The van der Waals surface area contributed by atoms with Crippen LogP contribution < -0.4 is 10.5 Å². The first-order chi connectivity index (χ1) is 7.66. The zero-order valence-corrected chi connectivity index (χ0v) is 9.27. The number of anilines is 1. The van der Waals surface area contributed by atoms with Crippen molar-refractivity contribution in [2.75, 3.05) is 5.73 Å². The van der Waals surface area contributed by atoms with E-state index in [1.165, 1.54) is 5.56 Å². The summed E-state index contributed by atoms with van der Waals surface area (Å²) in [7, 11) is 0. The Morgan fingerprint density at radius 1 is 1.06 bits per heavy atom. The number of aryl methyl sites for hydroxylation is 1. The Morgan fingerprint density at radius 2 is 1.88 bits per heavy atom. The predicted molar refractivity (Wildman–Crippen MR) is 62.4 cm³/mol. The van der Waals surface area contributed by atoms with E-state index in [-0.39, 0.29) is 0 Å². The standard InChI is InChI=1S/C12H13N3O/c1-8-4-3-5-10(9(8)2)16-12-7-6-11(13)14-15-12/h3-7H,1-2H3,(H2,13,14). The van der Waals surface area contributed by atoms with Crippen LogP contribution in [-0.2, 0) is 0 Å². The van der Waals surface area contributed by atoms with Gasteiger partial charge in [0.15, 0.2) is 0 Å². The van der Waals surface area contributed by atoms with Crippen molar-refractivity contribution in [1.29, 1.82) is 0 Å². The van der Waals surface area contributed by atoms with Crippen molar-refractivity contribution in [1.82, 2.24) is 10.2 Å². The first kappa shape index (κ1) is 10.4. The Bertz CT molecular complexity index is 494. The largest absolute Gasteiger partial charge is 0.437 e. The normalized spacial score (nSPS) is 10.1. The summed E-state index contributed by atoms with van der Waals surface area (Å²) in [5.74, 6) is 1.62. The van der Waals surface area contributed by atoms with Gasteiger partial charge in [0.2, 0.25) is 5.88 Å². The second-order valence-electron chi connectivity index (χ2n) is 3.60. The van der Waals surface area contributed by atoms with Crippen molar-refractivity contribution in [3.63, 3.8) is 0 Å². The van der Waals surface area contributed by atoms with Crippen LogP contribution in [0.2, 0.25) is 0 Å². The SMILES string of the molecule is Cc1cccc(Oc2ccc(N)nn2)c1C. The summed E-state index contributed by atoms with van der Waals surface area (Å²) in [5, 5.41) is 7.58. The van der Waals surface area contributed by atoms with E-state index in [0.29, 0.717) is 11.7 Å². The number of nitrogens with zero attached hydrogens (tertiary/aromatic N) is 2. The van der Waals surface area contributed by atoms with Crippen LogP contribution in [-0.4, -0.2) is 10.2 Å². The van der Waals surface area contributed by atoms with E-state index in [1.807, 2.05) is 32.0 Å². The number of nitrogens with two attached hydrogens (primary N) is 1. The number of hydrogen-bond donors (Lipinski definition) is 1. The summed E-state index contributed by atoms with van der Waals surface area (Å²) >= 11 is 0. The maximum Gasteiger partial charge on any atom is 0.239 e. The van der Waals surface area contributed by atoms with Gasteiger partial charge in [-0.3, -0.25) is 0 Å². The van der Waals surface area contributed by atoms with Gasteiger partial charge in [0, 0.05) is 6.07 Å². The van der Waals surface area contributed by atoms with Crippen molar-refractivity contribution in [2.24, 2.45) is 0 Å². The topological polar surface area (TPSA) is 61.0 Å². The van der Waals surface area contributed by atoms with E-state index >= 15 is 0 Å². The molecule has 0 aliphatic carbocycles. The molecule has 1 aromatic heterocycles. The van der Waals surface area contributed by atoms with Crippen molar-refractivity contribution in [3.8, 4) is 11.6 Å². The van der Waals surface area contributed by atoms with Crippen molar-refractivity contribution < 1.29 is 4.74 Å². The maximum atomic E-state index is 5.62. The van der Waals surface area contributed by atoms with Crippen LogP contribution in [0.4, 0.5) is 5.82 Å². The summed E-state index contributed by atoms with van der Waals surface area (Å²) in [4.78, 5) is 0. The monoisotopic (exact) mass is 215 g/mol. The van der Waals surface area contributed by atoms with Gasteiger partial charge in [0.1, 0.15) is 11.6 Å². The van der Waals surface area contributed by atoms with Crippen LogP contribution in [0.3, 0.4) is 0 Å². The van der Waals surface area contributed by atoms with Gasteiger partial charge in [0.25, 0.3) is 0 Å². The Hall–Kier alpha value is -2.10. The molecule has 0 aliphatic heterocycles. The first-order valence-corrected chi connectivity index (χ1v) is 5.00. The van der Waals surface area contributed by atoms with Crippen LogP contribution in [0.1, 0.15) is 11.1 Å². The summed E-state index contributed by atoms with van der Waals surface area (Å²) in [5.41, 5.74) is 7.72. The molecule has 4 heteroatoms. The number of aromatic nitrogens is 2. The van der Waals surface area contributed by atoms with Gasteiger partial charge in [-0.1, -0.05) is 12.1 Å². The second-order valence-corrected chi connectivity index (χ2v) is 3.60. The molecule has 0 saturated heterocycles. The second kappa shape index (κ2) is 4.18. The summed E-state index contributed by atoms with van der Waals surface area (Å²) < 4.78 is 5.62. The highest BCUT2D eigenvalue weighted by Gasteiger charge is 2.04. The summed E-state index contributed by atoms with van der Waals surface area (Å²) in [6, 6.07) is 9.25. The smallest absolute Gasteiger partial charge is 0.239 e. The minimum atomic E-state index is 0.383. The number of rotatable bonds is 2. The molecule has 4 nitrogen and oxygen atoms in total. The zero-order chi connectivity index (χ0) is 11.5. The molecule has 0 saturated carbocycles. The highest BCUT2D eigenvalue weighted by molar-refractivity contribution is 5.40. The Balaban J connectivity index is 2.27. The number of ether oxygens (including phenoxy) is 1. The molecule has 0 aliphatic rings. The molecule has 0 unspecified atom stereocenters. The third-order valence-electron chi connectivity index (χ3n) is 2.43. The molecule has 0 radical (unpaired) electrons. The van der Waals surface area contributed by atoms with Crippen LogP contribution in [0.15, 0.2) is 30.3 Å². The number of nitrogen functional groups attached to an aromatic ring is 1. The Kier molecular flexibility index (Phi) is 2.72. The number of hydrogen-bond acceptors (Lipinski definition) is 4. The van der Waals surface area contributed by atoms with Crippen LogP contribution in [0.25, 0.3) is 0 Å². The van der Waals surface area contributed by atoms with Crippen molar-refractivity contribution >= 4 is 5.82 Å². The molecule has 0 fully saturated rings. The minimum absolute atomic E-state index is 0.383. The highest BCUT2D eigenvalue weighted by Crippen LogP contribution is 2.25. The van der Waals surface area contributed by atoms with E-state index in [0.717, 1.165) is 11.3 Å². The lowest BCUT2D eigenvalue weighted by molar-refractivity contribution is 0.452. The summed E-state index contributed by atoms with van der Waals surface area (Å²) in [6.07, 6.45) is 0. The average Bonchev–Trinajstić information content (AvgIpc) is 2.28. The van der Waals surface area contributed by atoms with Gasteiger partial charge in [-0.25, -0.2) is 0 Å². The fourth-order valence-corrected chi connectivity index (χ4v) is 1.33. The van der Waals surface area contributed by atoms with Crippen LogP contribution in [0.5, 0.6) is 11.6 Å². The molecular weight excluding hydrogens is 202 g/mol. The molecular formula is C12H13N3O. The molecule has 0 bridgehead atoms. The molecule has 0 atom stereocenters. The average molecular weight is 215 g/mol. The van der Waals surface area contributed by atoms with E-state index in [9.17, 15) is 0 Å². The van der Waals surface area contributed by atoms with Crippen LogP contribution in [0, 0.1) is 13.8 Å². The maximum absolute atomic E-state index is 5.62. The van der Waals surface area contributed by atoms with Gasteiger partial charge >= 0.3 is 0 Å². The first-order valence-electron chi connectivity index (χ1n) is 5.00. The lowest BCUT2D eigenvalue weighted by Gasteiger charge is -2.08. The lowest BCUT2D eigenvalue weighted by Crippen LogP contribution is -1.96. The highest BCUT2D eigenvalue weighted by atomic mass is 16.5. The fraction of sp³-hybridized carbons (Fsp3) is 0.167. The molecule has 2 aromatic rings. The third-order valence-corrected chi connectivity index (χ3v) is 2.43. The fourth-order valence-electron chi connectivity index (χ4n) is 1.33. The Morgan fingerprint density at radius 3 is 2.56 bits per heavy atom.